The minimum Gasteiger partial charge on any atom is -0.444 e. The van der Waals surface area contributed by atoms with E-state index in [4.69, 9.17) is 4.42 Å². The summed E-state index contributed by atoms with van der Waals surface area (Å²) >= 11 is 0. The molecular formula is C20H20N2O3. The van der Waals surface area contributed by atoms with Gasteiger partial charge in [0.2, 0.25) is 0 Å². The number of nitrogens with zero attached hydrogens (tertiary/aromatic N) is 1. The first-order valence-corrected chi connectivity index (χ1v) is 8.16. The largest absolute Gasteiger partial charge is 0.444 e. The molecule has 0 saturated heterocycles. The molecule has 1 amide bonds. The summed E-state index contributed by atoms with van der Waals surface area (Å²) in [5, 5.41) is 13.2. The van der Waals surface area contributed by atoms with Gasteiger partial charge in [-0.15, -0.1) is 0 Å². The van der Waals surface area contributed by atoms with Gasteiger partial charge in [0.05, 0.1) is 12.3 Å². The number of nitrogens with one attached hydrogen (secondary N) is 1. The third kappa shape index (κ3) is 4.33. The Labute approximate surface area is 146 Å². The molecule has 0 saturated carbocycles. The number of amides is 1. The van der Waals surface area contributed by atoms with Crippen molar-refractivity contribution in [2.24, 2.45) is 0 Å². The van der Waals surface area contributed by atoms with Gasteiger partial charge in [0, 0.05) is 17.2 Å². The Morgan fingerprint density at radius 1 is 1.16 bits per heavy atom. The number of aliphatic hydroxyl groups is 1. The SMILES string of the molecule is CC(CC(O)c1ccccc1)NC(=O)c1ccc(-c2cnco2)cc1. The zero-order valence-electron chi connectivity index (χ0n) is 13.9. The Balaban J connectivity index is 1.58. The molecule has 0 fully saturated rings. The Kier molecular flexibility index (Phi) is 5.26. The van der Waals surface area contributed by atoms with E-state index < -0.39 is 6.10 Å². The van der Waals surface area contributed by atoms with E-state index in [1.165, 1.54) is 6.39 Å². The Hall–Kier alpha value is -2.92. The van der Waals surface area contributed by atoms with Gasteiger partial charge in [-0.25, -0.2) is 4.98 Å². The standard InChI is InChI=1S/C20H20N2O3/c1-14(11-18(23)15-5-3-2-4-6-15)22-20(24)17-9-7-16(8-10-17)19-12-21-13-25-19/h2-10,12-14,18,23H,11H2,1H3,(H,22,24). The van der Waals surface area contributed by atoms with Gasteiger partial charge in [0.25, 0.3) is 5.91 Å². The molecule has 3 rings (SSSR count). The van der Waals surface area contributed by atoms with Crippen LogP contribution in [-0.4, -0.2) is 22.0 Å². The van der Waals surface area contributed by atoms with Crippen molar-refractivity contribution >= 4 is 5.91 Å². The second kappa shape index (κ2) is 7.77. The summed E-state index contributed by atoms with van der Waals surface area (Å²) in [6.07, 6.45) is 2.84. The van der Waals surface area contributed by atoms with Gasteiger partial charge in [-0.2, -0.15) is 0 Å². The molecule has 0 aliphatic rings. The minimum absolute atomic E-state index is 0.156. The summed E-state index contributed by atoms with van der Waals surface area (Å²) in [4.78, 5) is 16.2. The monoisotopic (exact) mass is 336 g/mol. The molecule has 25 heavy (non-hydrogen) atoms. The lowest BCUT2D eigenvalue weighted by Gasteiger charge is -2.18. The van der Waals surface area contributed by atoms with Crippen molar-refractivity contribution in [2.75, 3.05) is 0 Å². The first-order chi connectivity index (χ1) is 12.1. The van der Waals surface area contributed by atoms with E-state index in [1.807, 2.05) is 49.4 Å². The molecule has 0 bridgehead atoms. The molecule has 3 aromatic rings. The van der Waals surface area contributed by atoms with Crippen LogP contribution in [0.3, 0.4) is 0 Å². The van der Waals surface area contributed by atoms with Gasteiger partial charge in [0.15, 0.2) is 12.2 Å². The van der Waals surface area contributed by atoms with Crippen molar-refractivity contribution in [3.63, 3.8) is 0 Å². The molecule has 2 unspecified atom stereocenters. The average molecular weight is 336 g/mol. The normalized spacial score (nSPS) is 13.2. The van der Waals surface area contributed by atoms with Crippen molar-refractivity contribution < 1.29 is 14.3 Å². The number of carbonyl (C=O) groups is 1. The molecule has 5 nitrogen and oxygen atoms in total. The summed E-state index contributed by atoms with van der Waals surface area (Å²) in [7, 11) is 0. The first-order valence-electron chi connectivity index (χ1n) is 8.16. The quantitative estimate of drug-likeness (QED) is 0.721. The van der Waals surface area contributed by atoms with Crippen LogP contribution in [-0.2, 0) is 0 Å². The summed E-state index contributed by atoms with van der Waals surface area (Å²) in [6, 6.07) is 16.4. The van der Waals surface area contributed by atoms with E-state index in [-0.39, 0.29) is 11.9 Å². The molecule has 2 aromatic carbocycles. The number of aliphatic hydroxyl groups excluding tert-OH is 1. The maximum Gasteiger partial charge on any atom is 0.251 e. The molecule has 0 aliphatic heterocycles. The Bertz CT molecular complexity index is 799. The number of rotatable bonds is 6. The third-order valence-corrected chi connectivity index (χ3v) is 4.00. The number of benzene rings is 2. The predicted octanol–water partition coefficient (Wildman–Crippen LogP) is 3.58. The van der Waals surface area contributed by atoms with Crippen molar-refractivity contribution in [1.29, 1.82) is 0 Å². The predicted molar refractivity (Wildman–Crippen MR) is 94.9 cm³/mol. The van der Waals surface area contributed by atoms with Crippen LogP contribution >= 0.6 is 0 Å². The maximum atomic E-state index is 12.3. The van der Waals surface area contributed by atoms with Crippen LogP contribution in [0.2, 0.25) is 0 Å². The van der Waals surface area contributed by atoms with E-state index in [9.17, 15) is 9.90 Å². The van der Waals surface area contributed by atoms with E-state index in [2.05, 4.69) is 10.3 Å². The highest BCUT2D eigenvalue weighted by atomic mass is 16.3. The van der Waals surface area contributed by atoms with Crippen molar-refractivity contribution in [2.45, 2.75) is 25.5 Å². The number of hydrogen-bond acceptors (Lipinski definition) is 4. The van der Waals surface area contributed by atoms with Crippen LogP contribution in [0.1, 0.15) is 35.4 Å². The zero-order chi connectivity index (χ0) is 17.6. The lowest BCUT2D eigenvalue weighted by atomic mass is 10.0. The van der Waals surface area contributed by atoms with Crippen molar-refractivity contribution in [1.82, 2.24) is 10.3 Å². The number of carbonyl (C=O) groups excluding carboxylic acids is 1. The number of hydrogen-bond donors (Lipinski definition) is 2. The molecule has 2 atom stereocenters. The van der Waals surface area contributed by atoms with E-state index in [0.29, 0.717) is 17.7 Å². The smallest absolute Gasteiger partial charge is 0.251 e. The van der Waals surface area contributed by atoms with Gasteiger partial charge >= 0.3 is 0 Å². The first kappa shape index (κ1) is 16.9. The van der Waals surface area contributed by atoms with Gasteiger partial charge < -0.3 is 14.8 Å². The van der Waals surface area contributed by atoms with Crippen molar-refractivity contribution in [3.05, 3.63) is 78.3 Å². The van der Waals surface area contributed by atoms with Crippen molar-refractivity contribution in [3.8, 4) is 11.3 Å². The van der Waals surface area contributed by atoms with Gasteiger partial charge in [-0.3, -0.25) is 4.79 Å². The second-order valence-electron chi connectivity index (χ2n) is 5.98. The van der Waals surface area contributed by atoms with Crippen LogP contribution in [0.15, 0.2) is 71.6 Å². The summed E-state index contributed by atoms with van der Waals surface area (Å²) < 4.78 is 5.23. The fourth-order valence-corrected chi connectivity index (χ4v) is 2.66. The topological polar surface area (TPSA) is 75.4 Å². The molecular weight excluding hydrogens is 316 g/mol. The second-order valence-corrected chi connectivity index (χ2v) is 5.98. The summed E-state index contributed by atoms with van der Waals surface area (Å²) in [5.74, 6) is 0.489. The van der Waals surface area contributed by atoms with Crippen LogP contribution in [0, 0.1) is 0 Å². The third-order valence-electron chi connectivity index (χ3n) is 4.00. The molecule has 0 aliphatic carbocycles. The molecule has 2 N–H and O–H groups in total. The Morgan fingerprint density at radius 2 is 1.88 bits per heavy atom. The highest BCUT2D eigenvalue weighted by Crippen LogP contribution is 2.20. The van der Waals surface area contributed by atoms with E-state index in [1.54, 1.807) is 18.3 Å². The fourth-order valence-electron chi connectivity index (χ4n) is 2.66. The molecule has 5 heteroatoms. The molecule has 0 spiro atoms. The van der Waals surface area contributed by atoms with E-state index in [0.717, 1.165) is 11.1 Å². The highest BCUT2D eigenvalue weighted by Gasteiger charge is 2.15. The number of aromatic nitrogens is 1. The van der Waals surface area contributed by atoms with Crippen LogP contribution in [0.4, 0.5) is 0 Å². The molecule has 1 heterocycles. The van der Waals surface area contributed by atoms with Gasteiger partial charge in [-0.05, 0) is 31.0 Å². The summed E-state index contributed by atoms with van der Waals surface area (Å²) in [5.41, 5.74) is 2.27. The van der Waals surface area contributed by atoms with Crippen LogP contribution < -0.4 is 5.32 Å². The number of oxazole rings is 1. The van der Waals surface area contributed by atoms with Crippen LogP contribution in [0.25, 0.3) is 11.3 Å². The van der Waals surface area contributed by atoms with E-state index >= 15 is 0 Å². The average Bonchev–Trinajstić information content (AvgIpc) is 3.17. The highest BCUT2D eigenvalue weighted by molar-refractivity contribution is 5.94. The lowest BCUT2D eigenvalue weighted by Crippen LogP contribution is -2.33. The molecule has 1 aromatic heterocycles. The lowest BCUT2D eigenvalue weighted by molar-refractivity contribution is 0.0917. The van der Waals surface area contributed by atoms with Crippen LogP contribution in [0.5, 0.6) is 0 Å². The molecule has 0 radical (unpaired) electrons. The minimum atomic E-state index is -0.606. The fraction of sp³-hybridized carbons (Fsp3) is 0.200. The summed E-state index contributed by atoms with van der Waals surface area (Å²) in [6.45, 7) is 1.88. The maximum absolute atomic E-state index is 12.3. The Morgan fingerprint density at radius 3 is 2.52 bits per heavy atom. The molecule has 128 valence electrons. The zero-order valence-corrected chi connectivity index (χ0v) is 13.9. The van der Waals surface area contributed by atoms with Gasteiger partial charge in [-0.1, -0.05) is 42.5 Å². The van der Waals surface area contributed by atoms with Gasteiger partial charge in [0.1, 0.15) is 0 Å².